The lowest BCUT2D eigenvalue weighted by atomic mass is 9.92. The molecule has 1 aliphatic carbocycles. The van der Waals surface area contributed by atoms with Gasteiger partial charge in [-0.2, -0.15) is 13.2 Å². The van der Waals surface area contributed by atoms with E-state index in [4.69, 9.17) is 0 Å². The van der Waals surface area contributed by atoms with Crippen LogP contribution >= 0.6 is 0 Å². The van der Waals surface area contributed by atoms with E-state index >= 15 is 0 Å². The molecule has 1 saturated carbocycles. The Morgan fingerprint density at radius 1 is 1.30 bits per heavy atom. The molecule has 7 heteroatoms. The zero-order valence-electron chi connectivity index (χ0n) is 12.5. The molecule has 1 spiro atoms. The molecule has 23 heavy (non-hydrogen) atoms. The predicted octanol–water partition coefficient (Wildman–Crippen LogP) is 2.85. The number of carbonyl (C=O) groups is 1. The van der Waals surface area contributed by atoms with Crippen molar-refractivity contribution in [1.29, 1.82) is 0 Å². The SMILES string of the molecule is O=C(NCc1ccc(F)cc1C(F)(F)F)C1CC12CCNCC2. The van der Waals surface area contributed by atoms with Crippen LogP contribution in [0.3, 0.4) is 0 Å². The molecule has 2 N–H and O–H groups in total. The van der Waals surface area contributed by atoms with Crippen LogP contribution in [0.15, 0.2) is 18.2 Å². The molecule has 0 bridgehead atoms. The van der Waals surface area contributed by atoms with E-state index in [1.807, 2.05) is 0 Å². The maximum absolute atomic E-state index is 13.1. The Hall–Kier alpha value is -1.63. The molecule has 3 nitrogen and oxygen atoms in total. The number of rotatable bonds is 3. The summed E-state index contributed by atoms with van der Waals surface area (Å²) in [6.45, 7) is 1.51. The first-order valence-electron chi connectivity index (χ1n) is 7.66. The second kappa shape index (κ2) is 5.78. The fourth-order valence-corrected chi connectivity index (χ4v) is 3.47. The predicted molar refractivity (Wildman–Crippen MR) is 75.9 cm³/mol. The quantitative estimate of drug-likeness (QED) is 0.837. The lowest BCUT2D eigenvalue weighted by Crippen LogP contribution is -2.33. The third kappa shape index (κ3) is 3.34. The second-order valence-corrected chi connectivity index (χ2v) is 6.39. The summed E-state index contributed by atoms with van der Waals surface area (Å²) in [5.74, 6) is -1.26. The average Bonchev–Trinajstić information content (AvgIpc) is 3.19. The standard InChI is InChI=1S/C16H18F4N2O/c17-11-2-1-10(12(7-11)16(18,19)20)9-22-14(23)13-8-15(13)3-5-21-6-4-15/h1-2,7,13,21H,3-6,8-9H2,(H,22,23). The molecule has 2 aliphatic rings. The number of alkyl halides is 3. The van der Waals surface area contributed by atoms with Crippen molar-refractivity contribution in [2.75, 3.05) is 13.1 Å². The highest BCUT2D eigenvalue weighted by molar-refractivity contribution is 5.82. The van der Waals surface area contributed by atoms with Gasteiger partial charge in [-0.25, -0.2) is 4.39 Å². The van der Waals surface area contributed by atoms with Crippen LogP contribution in [0.4, 0.5) is 17.6 Å². The number of amides is 1. The van der Waals surface area contributed by atoms with Crippen LogP contribution in [0.25, 0.3) is 0 Å². The highest BCUT2D eigenvalue weighted by Gasteiger charge is 2.57. The van der Waals surface area contributed by atoms with Gasteiger partial charge in [0.25, 0.3) is 0 Å². The van der Waals surface area contributed by atoms with Crippen molar-refractivity contribution in [3.63, 3.8) is 0 Å². The molecular formula is C16H18F4N2O. The third-order valence-electron chi connectivity index (χ3n) is 4.94. The van der Waals surface area contributed by atoms with E-state index < -0.39 is 17.6 Å². The highest BCUT2D eigenvalue weighted by Crippen LogP contribution is 2.58. The van der Waals surface area contributed by atoms with E-state index in [-0.39, 0.29) is 29.3 Å². The summed E-state index contributed by atoms with van der Waals surface area (Å²) in [7, 11) is 0. The van der Waals surface area contributed by atoms with Crippen LogP contribution in [-0.2, 0) is 17.5 Å². The van der Waals surface area contributed by atoms with Gasteiger partial charge in [0, 0.05) is 12.5 Å². The number of nitrogens with one attached hydrogen (secondary N) is 2. The number of hydrogen-bond acceptors (Lipinski definition) is 2. The second-order valence-electron chi connectivity index (χ2n) is 6.39. The van der Waals surface area contributed by atoms with Crippen LogP contribution in [0, 0.1) is 17.2 Å². The molecule has 0 radical (unpaired) electrons. The Morgan fingerprint density at radius 2 is 2.00 bits per heavy atom. The average molecular weight is 330 g/mol. The molecule has 1 heterocycles. The summed E-state index contributed by atoms with van der Waals surface area (Å²) in [5, 5.41) is 5.82. The van der Waals surface area contributed by atoms with Gasteiger partial charge in [-0.15, -0.1) is 0 Å². The van der Waals surface area contributed by atoms with Gasteiger partial charge in [-0.1, -0.05) is 6.07 Å². The van der Waals surface area contributed by atoms with E-state index in [0.29, 0.717) is 6.07 Å². The molecule has 1 saturated heterocycles. The number of benzene rings is 1. The first-order chi connectivity index (χ1) is 10.8. The molecule has 1 aliphatic heterocycles. The number of halogens is 4. The lowest BCUT2D eigenvalue weighted by molar-refractivity contribution is -0.138. The zero-order valence-corrected chi connectivity index (χ0v) is 12.5. The van der Waals surface area contributed by atoms with Crippen LogP contribution in [0.1, 0.15) is 30.4 Å². The monoisotopic (exact) mass is 330 g/mol. The topological polar surface area (TPSA) is 41.1 Å². The van der Waals surface area contributed by atoms with E-state index in [1.165, 1.54) is 0 Å². The summed E-state index contributed by atoms with van der Waals surface area (Å²) in [6, 6.07) is 2.51. The van der Waals surface area contributed by atoms with Crippen molar-refractivity contribution in [3.05, 3.63) is 35.1 Å². The van der Waals surface area contributed by atoms with Gasteiger partial charge in [0.2, 0.25) is 5.91 Å². The van der Waals surface area contributed by atoms with Crippen molar-refractivity contribution in [2.45, 2.75) is 32.0 Å². The van der Waals surface area contributed by atoms with Gasteiger partial charge >= 0.3 is 6.18 Å². The summed E-state index contributed by atoms with van der Waals surface area (Å²) >= 11 is 0. The normalized spacial score (nSPS) is 22.9. The largest absolute Gasteiger partial charge is 0.416 e. The minimum absolute atomic E-state index is 0.0327. The number of hydrogen-bond donors (Lipinski definition) is 2. The molecule has 1 amide bonds. The van der Waals surface area contributed by atoms with Gasteiger partial charge in [0.05, 0.1) is 5.56 Å². The third-order valence-corrected chi connectivity index (χ3v) is 4.94. The molecule has 0 aromatic heterocycles. The summed E-state index contributed by atoms with van der Waals surface area (Å²) in [5.41, 5.74) is -1.12. The first kappa shape index (κ1) is 16.2. The smallest absolute Gasteiger partial charge is 0.352 e. The Bertz CT molecular complexity index is 609. The van der Waals surface area contributed by atoms with E-state index in [2.05, 4.69) is 10.6 Å². The van der Waals surface area contributed by atoms with Crippen molar-refractivity contribution >= 4 is 5.91 Å². The van der Waals surface area contributed by atoms with Crippen LogP contribution in [-0.4, -0.2) is 19.0 Å². The summed E-state index contributed by atoms with van der Waals surface area (Å²) < 4.78 is 51.8. The molecule has 1 atom stereocenters. The minimum atomic E-state index is -4.64. The molecular weight excluding hydrogens is 312 g/mol. The minimum Gasteiger partial charge on any atom is -0.352 e. The van der Waals surface area contributed by atoms with Gasteiger partial charge in [0.15, 0.2) is 0 Å². The van der Waals surface area contributed by atoms with Crippen LogP contribution in [0.5, 0.6) is 0 Å². The van der Waals surface area contributed by atoms with Gasteiger partial charge < -0.3 is 10.6 Å². The molecule has 3 rings (SSSR count). The fourth-order valence-electron chi connectivity index (χ4n) is 3.47. The van der Waals surface area contributed by atoms with E-state index in [1.54, 1.807) is 0 Å². The van der Waals surface area contributed by atoms with Crippen molar-refractivity contribution in [2.24, 2.45) is 11.3 Å². The number of carbonyl (C=O) groups excluding carboxylic acids is 1. The Kier molecular flexibility index (Phi) is 4.08. The molecule has 1 aromatic carbocycles. The van der Waals surface area contributed by atoms with Crippen molar-refractivity contribution < 1.29 is 22.4 Å². The Labute approximate surface area is 131 Å². The maximum Gasteiger partial charge on any atom is 0.416 e. The molecule has 2 fully saturated rings. The van der Waals surface area contributed by atoms with Crippen molar-refractivity contribution in [1.82, 2.24) is 10.6 Å². The highest BCUT2D eigenvalue weighted by atomic mass is 19.4. The maximum atomic E-state index is 13.1. The van der Waals surface area contributed by atoms with E-state index in [9.17, 15) is 22.4 Å². The summed E-state index contributed by atoms with van der Waals surface area (Å²) in [4.78, 5) is 12.2. The Balaban J connectivity index is 1.64. The van der Waals surface area contributed by atoms with Crippen molar-refractivity contribution in [3.8, 4) is 0 Å². The molecule has 1 aromatic rings. The van der Waals surface area contributed by atoms with Gasteiger partial charge in [-0.3, -0.25) is 4.79 Å². The first-order valence-corrected chi connectivity index (χ1v) is 7.66. The van der Waals surface area contributed by atoms with Crippen LogP contribution < -0.4 is 10.6 Å². The van der Waals surface area contributed by atoms with E-state index in [0.717, 1.165) is 44.5 Å². The van der Waals surface area contributed by atoms with Gasteiger partial charge in [-0.05, 0) is 55.5 Å². The van der Waals surface area contributed by atoms with Gasteiger partial charge in [0.1, 0.15) is 5.82 Å². The number of piperidine rings is 1. The zero-order chi connectivity index (χ0) is 16.7. The van der Waals surface area contributed by atoms with Crippen LogP contribution in [0.2, 0.25) is 0 Å². The molecule has 1 unspecified atom stereocenters. The lowest BCUT2D eigenvalue weighted by Gasteiger charge is -2.23. The molecule has 126 valence electrons. The Morgan fingerprint density at radius 3 is 2.65 bits per heavy atom. The summed E-state index contributed by atoms with van der Waals surface area (Å²) in [6.07, 6.45) is -1.99. The fraction of sp³-hybridized carbons (Fsp3) is 0.562.